The van der Waals surface area contributed by atoms with Gasteiger partial charge >= 0.3 is 5.97 Å². The monoisotopic (exact) mass is 372 g/mol. The Morgan fingerprint density at radius 2 is 1.81 bits per heavy atom. The average molecular weight is 372 g/mol. The van der Waals surface area contributed by atoms with Crippen LogP contribution in [-0.2, 0) is 20.7 Å². The zero-order chi connectivity index (χ0) is 19.6. The van der Waals surface area contributed by atoms with Gasteiger partial charge in [-0.15, -0.1) is 0 Å². The SMILES string of the molecule is CC(C)[C@H](NC(=O)c1ccco1)C(=O)OCC(=O)NCCc1ccccc1. The molecule has 1 atom stereocenters. The summed E-state index contributed by atoms with van der Waals surface area (Å²) in [4.78, 5) is 36.1. The van der Waals surface area contributed by atoms with Crippen molar-refractivity contribution in [2.75, 3.05) is 13.2 Å². The van der Waals surface area contributed by atoms with Crippen LogP contribution < -0.4 is 10.6 Å². The van der Waals surface area contributed by atoms with Gasteiger partial charge in [0.2, 0.25) is 0 Å². The Labute approximate surface area is 158 Å². The quantitative estimate of drug-likeness (QED) is 0.656. The number of amides is 2. The van der Waals surface area contributed by atoms with Crippen molar-refractivity contribution in [3.63, 3.8) is 0 Å². The fraction of sp³-hybridized carbons (Fsp3) is 0.350. The summed E-state index contributed by atoms with van der Waals surface area (Å²) in [6.45, 7) is 3.60. The number of furan rings is 1. The number of carbonyl (C=O) groups is 3. The third-order valence-electron chi connectivity index (χ3n) is 3.88. The second-order valence-electron chi connectivity index (χ2n) is 6.37. The van der Waals surface area contributed by atoms with Crippen molar-refractivity contribution >= 4 is 17.8 Å². The van der Waals surface area contributed by atoms with Crippen molar-refractivity contribution in [2.24, 2.45) is 5.92 Å². The zero-order valence-electron chi connectivity index (χ0n) is 15.4. The minimum atomic E-state index is -0.875. The van der Waals surface area contributed by atoms with Gasteiger partial charge in [0.05, 0.1) is 6.26 Å². The summed E-state index contributed by atoms with van der Waals surface area (Å²) in [6, 6.07) is 11.9. The van der Waals surface area contributed by atoms with Gasteiger partial charge < -0.3 is 19.8 Å². The molecule has 144 valence electrons. The van der Waals surface area contributed by atoms with Gasteiger partial charge in [0, 0.05) is 6.54 Å². The fourth-order valence-electron chi connectivity index (χ4n) is 2.39. The smallest absolute Gasteiger partial charge is 0.329 e. The lowest BCUT2D eigenvalue weighted by Gasteiger charge is -2.20. The summed E-state index contributed by atoms with van der Waals surface area (Å²) in [5.41, 5.74) is 1.11. The number of hydrogen-bond acceptors (Lipinski definition) is 5. The van der Waals surface area contributed by atoms with Gasteiger partial charge in [0.15, 0.2) is 12.4 Å². The van der Waals surface area contributed by atoms with E-state index in [1.165, 1.54) is 12.3 Å². The van der Waals surface area contributed by atoms with Crippen LogP contribution in [0.4, 0.5) is 0 Å². The van der Waals surface area contributed by atoms with Crippen LogP contribution in [0.15, 0.2) is 53.1 Å². The molecule has 0 saturated carbocycles. The summed E-state index contributed by atoms with van der Waals surface area (Å²) >= 11 is 0. The van der Waals surface area contributed by atoms with Gasteiger partial charge in [0.1, 0.15) is 6.04 Å². The van der Waals surface area contributed by atoms with E-state index < -0.39 is 24.5 Å². The number of benzene rings is 1. The Balaban J connectivity index is 1.75. The van der Waals surface area contributed by atoms with E-state index in [2.05, 4.69) is 10.6 Å². The fourth-order valence-corrected chi connectivity index (χ4v) is 2.39. The maximum atomic E-state index is 12.2. The molecule has 0 saturated heterocycles. The molecular formula is C20H24N2O5. The highest BCUT2D eigenvalue weighted by molar-refractivity contribution is 5.94. The highest BCUT2D eigenvalue weighted by Gasteiger charge is 2.27. The molecule has 1 aromatic heterocycles. The van der Waals surface area contributed by atoms with Gasteiger partial charge in [-0.25, -0.2) is 4.79 Å². The minimum Gasteiger partial charge on any atom is -0.459 e. The lowest BCUT2D eigenvalue weighted by molar-refractivity contribution is -0.151. The van der Waals surface area contributed by atoms with Crippen LogP contribution in [0.1, 0.15) is 30.0 Å². The Kier molecular flexibility index (Phi) is 7.61. The average Bonchev–Trinajstić information content (AvgIpc) is 3.19. The van der Waals surface area contributed by atoms with Crippen LogP contribution in [0.3, 0.4) is 0 Å². The molecule has 0 unspecified atom stereocenters. The molecule has 0 aliphatic heterocycles. The number of rotatable bonds is 9. The molecule has 27 heavy (non-hydrogen) atoms. The van der Waals surface area contributed by atoms with E-state index in [0.29, 0.717) is 13.0 Å². The number of nitrogens with one attached hydrogen (secondary N) is 2. The van der Waals surface area contributed by atoms with Crippen LogP contribution >= 0.6 is 0 Å². The van der Waals surface area contributed by atoms with Crippen molar-refractivity contribution in [2.45, 2.75) is 26.3 Å². The second-order valence-corrected chi connectivity index (χ2v) is 6.37. The summed E-state index contributed by atoms with van der Waals surface area (Å²) in [6.07, 6.45) is 2.06. The maximum absolute atomic E-state index is 12.2. The van der Waals surface area contributed by atoms with E-state index in [-0.39, 0.29) is 17.6 Å². The van der Waals surface area contributed by atoms with Gasteiger partial charge in [0.25, 0.3) is 11.8 Å². The summed E-state index contributed by atoms with van der Waals surface area (Å²) < 4.78 is 10.1. The first kappa shape index (κ1) is 20.2. The molecule has 7 nitrogen and oxygen atoms in total. The first-order chi connectivity index (χ1) is 13.0. The molecule has 0 fully saturated rings. The molecule has 0 aliphatic rings. The number of hydrogen-bond donors (Lipinski definition) is 2. The van der Waals surface area contributed by atoms with E-state index >= 15 is 0 Å². The highest BCUT2D eigenvalue weighted by Crippen LogP contribution is 2.07. The Hall–Kier alpha value is -3.09. The Bertz CT molecular complexity index is 741. The van der Waals surface area contributed by atoms with Gasteiger partial charge in [-0.2, -0.15) is 0 Å². The van der Waals surface area contributed by atoms with Crippen LogP contribution in [0.2, 0.25) is 0 Å². The molecule has 1 heterocycles. The molecule has 0 radical (unpaired) electrons. The van der Waals surface area contributed by atoms with E-state index in [9.17, 15) is 14.4 Å². The van der Waals surface area contributed by atoms with Crippen molar-refractivity contribution < 1.29 is 23.5 Å². The van der Waals surface area contributed by atoms with Crippen molar-refractivity contribution in [3.8, 4) is 0 Å². The van der Waals surface area contributed by atoms with E-state index in [1.807, 2.05) is 30.3 Å². The molecule has 2 rings (SSSR count). The normalized spacial score (nSPS) is 11.7. The zero-order valence-corrected chi connectivity index (χ0v) is 15.4. The molecular weight excluding hydrogens is 348 g/mol. The first-order valence-electron chi connectivity index (χ1n) is 8.79. The summed E-state index contributed by atoms with van der Waals surface area (Å²) in [5.74, 6) is -1.67. The van der Waals surface area contributed by atoms with Crippen LogP contribution in [0.5, 0.6) is 0 Å². The predicted octanol–water partition coefficient (Wildman–Crippen LogP) is 1.94. The van der Waals surface area contributed by atoms with Crippen LogP contribution in [0.25, 0.3) is 0 Å². The van der Waals surface area contributed by atoms with E-state index in [0.717, 1.165) is 5.56 Å². The molecule has 7 heteroatoms. The van der Waals surface area contributed by atoms with Crippen molar-refractivity contribution in [3.05, 3.63) is 60.1 Å². The third kappa shape index (κ3) is 6.62. The minimum absolute atomic E-state index is 0.104. The van der Waals surface area contributed by atoms with Crippen LogP contribution in [-0.4, -0.2) is 37.0 Å². The molecule has 2 N–H and O–H groups in total. The molecule has 2 amide bonds. The summed E-state index contributed by atoms with van der Waals surface area (Å²) in [5, 5.41) is 5.27. The molecule has 0 bridgehead atoms. The van der Waals surface area contributed by atoms with E-state index in [4.69, 9.17) is 9.15 Å². The number of esters is 1. The third-order valence-corrected chi connectivity index (χ3v) is 3.88. The van der Waals surface area contributed by atoms with Gasteiger partial charge in [-0.05, 0) is 30.0 Å². The van der Waals surface area contributed by atoms with Gasteiger partial charge in [-0.3, -0.25) is 9.59 Å². The largest absolute Gasteiger partial charge is 0.459 e. The topological polar surface area (TPSA) is 97.6 Å². The lowest BCUT2D eigenvalue weighted by Crippen LogP contribution is -2.46. The Morgan fingerprint density at radius 1 is 1.07 bits per heavy atom. The standard InChI is InChI=1S/C20H24N2O5/c1-14(2)18(22-19(24)16-9-6-12-26-16)20(25)27-13-17(23)21-11-10-15-7-4-3-5-8-15/h3-9,12,14,18H,10-11,13H2,1-2H3,(H,21,23)(H,22,24)/t18-/m0/s1. The molecule has 0 aliphatic carbocycles. The van der Waals surface area contributed by atoms with Crippen molar-refractivity contribution in [1.82, 2.24) is 10.6 Å². The lowest BCUT2D eigenvalue weighted by atomic mass is 10.0. The maximum Gasteiger partial charge on any atom is 0.329 e. The predicted molar refractivity (Wildman–Crippen MR) is 98.9 cm³/mol. The molecule has 2 aromatic rings. The second kappa shape index (κ2) is 10.2. The number of ether oxygens (including phenoxy) is 1. The van der Waals surface area contributed by atoms with Crippen LogP contribution in [0, 0.1) is 5.92 Å². The Morgan fingerprint density at radius 3 is 2.44 bits per heavy atom. The first-order valence-corrected chi connectivity index (χ1v) is 8.79. The molecule has 1 aromatic carbocycles. The van der Waals surface area contributed by atoms with Crippen molar-refractivity contribution in [1.29, 1.82) is 0 Å². The summed E-state index contributed by atoms with van der Waals surface area (Å²) in [7, 11) is 0. The van der Waals surface area contributed by atoms with Gasteiger partial charge in [-0.1, -0.05) is 44.2 Å². The van der Waals surface area contributed by atoms with E-state index in [1.54, 1.807) is 19.9 Å². The highest BCUT2D eigenvalue weighted by atomic mass is 16.5. The number of carbonyl (C=O) groups excluding carboxylic acids is 3. The molecule has 0 spiro atoms.